The molecule has 5 nitrogen and oxygen atoms in total. The van der Waals surface area contributed by atoms with Crippen LogP contribution in [0.3, 0.4) is 0 Å². The fourth-order valence-corrected chi connectivity index (χ4v) is 2.91. The molecule has 0 aromatic heterocycles. The molecule has 0 radical (unpaired) electrons. The first-order chi connectivity index (χ1) is 12.2. The number of carbonyl (C=O) groups excluding carboxylic acids is 1. The van der Waals surface area contributed by atoms with Crippen molar-refractivity contribution in [3.05, 3.63) is 12.2 Å². The number of carbonyl (C=O) groups is 1. The molecule has 0 aliphatic rings. The lowest BCUT2D eigenvalue weighted by atomic mass is 10.1. The van der Waals surface area contributed by atoms with Crippen molar-refractivity contribution in [3.63, 3.8) is 0 Å². The Morgan fingerprint density at radius 1 is 0.846 bits per heavy atom. The Labute approximate surface area is 161 Å². The molecule has 6 heteroatoms. The zero-order valence-electron chi connectivity index (χ0n) is 17.2. The Bertz CT molecular complexity index is 447. The Morgan fingerprint density at radius 3 is 1.62 bits per heavy atom. The van der Waals surface area contributed by atoms with Gasteiger partial charge in [-0.05, 0) is 19.8 Å². The molecule has 0 aliphatic carbocycles. The molecular weight excluding hydrogens is 350 g/mol. The van der Waals surface area contributed by atoms with Crippen LogP contribution in [0.25, 0.3) is 0 Å². The fourth-order valence-electron chi connectivity index (χ4n) is 2.22. The summed E-state index contributed by atoms with van der Waals surface area (Å²) in [6, 6.07) is 0. The van der Waals surface area contributed by atoms with Crippen LogP contribution in [0, 0.1) is 0 Å². The van der Waals surface area contributed by atoms with Crippen molar-refractivity contribution in [2.75, 3.05) is 12.4 Å². The molecule has 0 rings (SSSR count). The van der Waals surface area contributed by atoms with Crippen LogP contribution >= 0.6 is 0 Å². The summed E-state index contributed by atoms with van der Waals surface area (Å²) in [6.07, 6.45) is 14.5. The molecular formula is C20H41NO4S. The average Bonchev–Trinajstić information content (AvgIpc) is 2.57. The molecule has 0 heterocycles. The molecule has 0 aromatic carbocycles. The Morgan fingerprint density at radius 2 is 1.27 bits per heavy atom. The van der Waals surface area contributed by atoms with Crippen LogP contribution in [0.4, 0.5) is 0 Å². The topological polar surface area (TPSA) is 86.5 Å². The minimum Gasteiger partial charge on any atom is -0.462 e. The van der Waals surface area contributed by atoms with Gasteiger partial charge in [-0.25, -0.2) is 18.4 Å². The maximum absolute atomic E-state index is 11.1. The number of rotatable bonds is 15. The lowest BCUT2D eigenvalue weighted by Gasteiger charge is -2.04. The fraction of sp³-hybridized carbons (Fsp3) is 0.850. The largest absolute Gasteiger partial charge is 0.462 e. The molecule has 0 fully saturated rings. The molecule has 0 atom stereocenters. The molecule has 0 saturated carbocycles. The minimum absolute atomic E-state index is 0.115. The molecule has 0 saturated heterocycles. The zero-order valence-corrected chi connectivity index (χ0v) is 18.0. The second-order valence-corrected chi connectivity index (χ2v) is 8.55. The Balaban J connectivity index is 0. The second-order valence-electron chi connectivity index (χ2n) is 6.82. The highest BCUT2D eigenvalue weighted by molar-refractivity contribution is 7.89. The maximum atomic E-state index is 11.1. The average molecular weight is 392 g/mol. The highest BCUT2D eigenvalue weighted by Crippen LogP contribution is 2.10. The first-order valence-corrected chi connectivity index (χ1v) is 11.8. The normalized spacial score (nSPS) is 10.8. The molecule has 0 spiro atoms. The lowest BCUT2D eigenvalue weighted by Crippen LogP contribution is -2.15. The van der Waals surface area contributed by atoms with E-state index in [0.717, 1.165) is 12.8 Å². The smallest absolute Gasteiger partial charge is 0.333 e. The van der Waals surface area contributed by atoms with Crippen molar-refractivity contribution in [2.24, 2.45) is 5.14 Å². The van der Waals surface area contributed by atoms with Crippen molar-refractivity contribution >= 4 is 16.0 Å². The van der Waals surface area contributed by atoms with Crippen molar-refractivity contribution in [2.45, 2.75) is 97.8 Å². The second kappa shape index (κ2) is 18.9. The van der Waals surface area contributed by atoms with Crippen LogP contribution in [0.2, 0.25) is 0 Å². The van der Waals surface area contributed by atoms with E-state index in [-0.39, 0.29) is 11.7 Å². The third kappa shape index (κ3) is 25.4. The van der Waals surface area contributed by atoms with Crippen LogP contribution in [-0.2, 0) is 19.6 Å². The summed E-state index contributed by atoms with van der Waals surface area (Å²) < 4.78 is 25.4. The molecule has 26 heavy (non-hydrogen) atoms. The predicted octanol–water partition coefficient (Wildman–Crippen LogP) is 5.10. The van der Waals surface area contributed by atoms with E-state index in [9.17, 15) is 13.2 Å². The summed E-state index contributed by atoms with van der Waals surface area (Å²) in [7, 11) is -3.19. The summed E-state index contributed by atoms with van der Waals surface area (Å²) in [5.41, 5.74) is 0.488. The van der Waals surface area contributed by atoms with E-state index >= 15 is 0 Å². The van der Waals surface area contributed by atoms with E-state index in [4.69, 9.17) is 9.88 Å². The number of unbranched alkanes of at least 4 members (excludes halogenated alkanes) is 10. The SMILES string of the molecule is C=C(C)C(=O)OCCCCCCCCCCCC.CCCCS(N)(=O)=O. The van der Waals surface area contributed by atoms with Gasteiger partial charge in [-0.1, -0.05) is 84.6 Å². The highest BCUT2D eigenvalue weighted by atomic mass is 32.2. The van der Waals surface area contributed by atoms with Crippen molar-refractivity contribution < 1.29 is 17.9 Å². The van der Waals surface area contributed by atoms with Gasteiger partial charge in [0.25, 0.3) is 0 Å². The Hall–Kier alpha value is -0.880. The summed E-state index contributed by atoms with van der Waals surface area (Å²) in [6.45, 7) is 9.95. The number of hydrogen-bond acceptors (Lipinski definition) is 4. The number of sulfonamides is 1. The van der Waals surface area contributed by atoms with Crippen LogP contribution in [-0.4, -0.2) is 26.7 Å². The van der Waals surface area contributed by atoms with Gasteiger partial charge in [0.15, 0.2) is 0 Å². The number of hydrogen-bond donors (Lipinski definition) is 1. The summed E-state index contributed by atoms with van der Waals surface area (Å²) in [5, 5.41) is 4.69. The summed E-state index contributed by atoms with van der Waals surface area (Å²) in [5.74, 6) is -0.144. The molecule has 0 amide bonds. The van der Waals surface area contributed by atoms with Crippen molar-refractivity contribution in [1.82, 2.24) is 0 Å². The van der Waals surface area contributed by atoms with Gasteiger partial charge in [0.2, 0.25) is 10.0 Å². The first-order valence-electron chi connectivity index (χ1n) is 10.1. The van der Waals surface area contributed by atoms with E-state index < -0.39 is 10.0 Å². The molecule has 0 aromatic rings. The van der Waals surface area contributed by atoms with Gasteiger partial charge >= 0.3 is 5.97 Å². The van der Waals surface area contributed by atoms with Crippen LogP contribution in [0.1, 0.15) is 97.8 Å². The number of esters is 1. The third-order valence-corrected chi connectivity index (χ3v) is 4.72. The minimum atomic E-state index is -3.19. The standard InChI is InChI=1S/C16H30O2.C4H11NO2S/c1-4-5-6-7-8-9-10-11-12-13-14-18-16(17)15(2)3;1-2-3-4-8(5,6)7/h2,4-14H2,1,3H3;2-4H2,1H3,(H2,5,6,7). The van der Waals surface area contributed by atoms with Gasteiger partial charge in [0.05, 0.1) is 12.4 Å². The van der Waals surface area contributed by atoms with Crippen LogP contribution < -0.4 is 5.14 Å². The summed E-state index contributed by atoms with van der Waals surface area (Å²) >= 11 is 0. The van der Waals surface area contributed by atoms with Gasteiger partial charge in [0, 0.05) is 5.57 Å². The van der Waals surface area contributed by atoms with E-state index in [1.165, 1.54) is 57.8 Å². The molecule has 0 unspecified atom stereocenters. The van der Waals surface area contributed by atoms with E-state index in [2.05, 4.69) is 13.5 Å². The van der Waals surface area contributed by atoms with E-state index in [0.29, 0.717) is 18.6 Å². The first kappa shape index (κ1) is 27.3. The number of ether oxygens (including phenoxy) is 1. The molecule has 156 valence electrons. The Kier molecular flexibility index (Phi) is 19.9. The van der Waals surface area contributed by atoms with Gasteiger partial charge < -0.3 is 4.74 Å². The van der Waals surface area contributed by atoms with Crippen molar-refractivity contribution in [1.29, 1.82) is 0 Å². The highest BCUT2D eigenvalue weighted by Gasteiger charge is 2.01. The molecule has 0 bridgehead atoms. The maximum Gasteiger partial charge on any atom is 0.333 e. The lowest BCUT2D eigenvalue weighted by molar-refractivity contribution is -0.139. The van der Waals surface area contributed by atoms with Gasteiger partial charge in [0.1, 0.15) is 0 Å². The van der Waals surface area contributed by atoms with Gasteiger partial charge in [-0.3, -0.25) is 0 Å². The van der Waals surface area contributed by atoms with Gasteiger partial charge in [-0.15, -0.1) is 0 Å². The van der Waals surface area contributed by atoms with Crippen molar-refractivity contribution in [3.8, 4) is 0 Å². The summed E-state index contributed by atoms with van der Waals surface area (Å²) in [4.78, 5) is 11.1. The van der Waals surface area contributed by atoms with E-state index in [1.54, 1.807) is 6.92 Å². The van der Waals surface area contributed by atoms with Crippen LogP contribution in [0.5, 0.6) is 0 Å². The zero-order chi connectivity index (χ0) is 20.3. The molecule has 0 aliphatic heterocycles. The number of nitrogens with two attached hydrogens (primary N) is 1. The van der Waals surface area contributed by atoms with Gasteiger partial charge in [-0.2, -0.15) is 0 Å². The quantitative estimate of drug-likeness (QED) is 0.239. The van der Waals surface area contributed by atoms with Crippen LogP contribution in [0.15, 0.2) is 12.2 Å². The molecule has 2 N–H and O–H groups in total. The number of primary sulfonamides is 1. The van der Waals surface area contributed by atoms with E-state index in [1.807, 2.05) is 6.92 Å². The third-order valence-electron chi connectivity index (χ3n) is 3.86. The monoisotopic (exact) mass is 391 g/mol. The predicted molar refractivity (Wildman–Crippen MR) is 110 cm³/mol.